The third-order valence-corrected chi connectivity index (χ3v) is 6.31. The Kier molecular flexibility index (Phi) is 8.33. The molecule has 10 heteroatoms. The lowest BCUT2D eigenvalue weighted by atomic mass is 9.81. The van der Waals surface area contributed by atoms with E-state index < -0.39 is 47.4 Å². The van der Waals surface area contributed by atoms with Crippen LogP contribution in [0, 0.1) is 11.8 Å². The largest absolute Gasteiger partial charge is 0.444 e. The van der Waals surface area contributed by atoms with E-state index >= 15 is 0 Å². The second-order valence-corrected chi connectivity index (χ2v) is 10.1. The van der Waals surface area contributed by atoms with E-state index in [1.54, 1.807) is 20.8 Å². The molecule has 1 saturated carbocycles. The SMILES string of the molecule is CCCCON[C@@H]1CC[C@@H](C(=O)ON2C(=O)C3CCCCC3C2=O)N(C(=O)OC(C)(C)C)C1. The number of piperidine rings is 1. The fourth-order valence-corrected chi connectivity index (χ4v) is 4.60. The average Bonchev–Trinajstić information content (AvgIpc) is 3.00. The van der Waals surface area contributed by atoms with Gasteiger partial charge in [0.2, 0.25) is 0 Å². The zero-order valence-electron chi connectivity index (χ0n) is 20.1. The Hall–Kier alpha value is -2.20. The van der Waals surface area contributed by atoms with Crippen LogP contribution >= 0.6 is 0 Å². The molecule has 0 radical (unpaired) electrons. The lowest BCUT2D eigenvalue weighted by Gasteiger charge is -2.38. The zero-order chi connectivity index (χ0) is 24.2. The minimum atomic E-state index is -0.961. The van der Waals surface area contributed by atoms with E-state index in [4.69, 9.17) is 14.4 Å². The highest BCUT2D eigenvalue weighted by Gasteiger charge is 2.51. The summed E-state index contributed by atoms with van der Waals surface area (Å²) in [7, 11) is 0. The predicted molar refractivity (Wildman–Crippen MR) is 117 cm³/mol. The smallest absolute Gasteiger partial charge is 0.411 e. The molecule has 3 fully saturated rings. The van der Waals surface area contributed by atoms with Gasteiger partial charge < -0.3 is 14.4 Å². The van der Waals surface area contributed by atoms with Crippen molar-refractivity contribution >= 4 is 23.9 Å². The van der Waals surface area contributed by atoms with E-state index in [0.717, 1.165) is 25.7 Å². The molecule has 186 valence electrons. The summed E-state index contributed by atoms with van der Waals surface area (Å²) in [6.45, 7) is 8.02. The standard InChI is InChI=1S/C23H37N3O7/c1-5-6-13-31-24-15-11-12-18(25(14-15)22(30)32-23(2,3)4)21(29)33-26-19(27)16-9-7-8-10-17(16)20(26)28/h15-18,24H,5-14H2,1-4H3/t15-,16?,17?,18+/m1/s1. The van der Waals surface area contributed by atoms with Gasteiger partial charge in [-0.25, -0.2) is 9.59 Å². The quantitative estimate of drug-likeness (QED) is 0.345. The molecule has 0 spiro atoms. The molecule has 0 aromatic carbocycles. The first kappa shape index (κ1) is 25.4. The summed E-state index contributed by atoms with van der Waals surface area (Å²) in [6, 6.07) is -1.15. The predicted octanol–water partition coefficient (Wildman–Crippen LogP) is 2.71. The van der Waals surface area contributed by atoms with Crippen LogP contribution in [0.15, 0.2) is 0 Å². The molecular formula is C23H37N3O7. The van der Waals surface area contributed by atoms with E-state index in [9.17, 15) is 19.2 Å². The number of rotatable bonds is 7. The van der Waals surface area contributed by atoms with Crippen LogP contribution in [0.2, 0.25) is 0 Å². The van der Waals surface area contributed by atoms with Crippen molar-refractivity contribution < 1.29 is 33.6 Å². The van der Waals surface area contributed by atoms with Crippen molar-refractivity contribution in [2.75, 3.05) is 13.2 Å². The summed E-state index contributed by atoms with van der Waals surface area (Å²) in [5, 5.41) is 0.633. The van der Waals surface area contributed by atoms with E-state index in [2.05, 4.69) is 12.4 Å². The van der Waals surface area contributed by atoms with Gasteiger partial charge >= 0.3 is 12.1 Å². The highest BCUT2D eigenvalue weighted by molar-refractivity contribution is 6.05. The second-order valence-electron chi connectivity index (χ2n) is 10.1. The first-order valence-electron chi connectivity index (χ1n) is 12.1. The summed E-state index contributed by atoms with van der Waals surface area (Å²) < 4.78 is 5.50. The fourth-order valence-electron chi connectivity index (χ4n) is 4.60. The number of hydrogen-bond donors (Lipinski definition) is 1. The van der Waals surface area contributed by atoms with Gasteiger partial charge in [0.1, 0.15) is 11.6 Å². The van der Waals surface area contributed by atoms with Gasteiger partial charge in [0.05, 0.1) is 24.5 Å². The van der Waals surface area contributed by atoms with Crippen molar-refractivity contribution in [3.63, 3.8) is 0 Å². The Bertz CT molecular complexity index is 727. The molecular weight excluding hydrogens is 430 g/mol. The Morgan fingerprint density at radius 1 is 1.03 bits per heavy atom. The Labute approximate surface area is 195 Å². The number of carbonyl (C=O) groups is 4. The third kappa shape index (κ3) is 6.23. The van der Waals surface area contributed by atoms with Crippen LogP contribution in [-0.2, 0) is 28.8 Å². The van der Waals surface area contributed by atoms with Gasteiger partial charge in [-0.1, -0.05) is 26.2 Å². The van der Waals surface area contributed by atoms with Gasteiger partial charge in [0.25, 0.3) is 11.8 Å². The van der Waals surface area contributed by atoms with Gasteiger partial charge in [-0.3, -0.25) is 14.5 Å². The molecule has 2 saturated heterocycles. The molecule has 33 heavy (non-hydrogen) atoms. The van der Waals surface area contributed by atoms with Crippen LogP contribution in [-0.4, -0.2) is 64.7 Å². The first-order valence-corrected chi connectivity index (χ1v) is 12.1. The molecule has 0 aromatic rings. The normalized spacial score (nSPS) is 28.0. The monoisotopic (exact) mass is 467 g/mol. The number of ether oxygens (including phenoxy) is 1. The number of amides is 3. The van der Waals surface area contributed by atoms with Crippen LogP contribution in [0.5, 0.6) is 0 Å². The van der Waals surface area contributed by atoms with Crippen molar-refractivity contribution in [2.24, 2.45) is 11.8 Å². The lowest BCUT2D eigenvalue weighted by molar-refractivity contribution is -0.203. The van der Waals surface area contributed by atoms with Gasteiger partial charge in [-0.2, -0.15) is 5.48 Å². The molecule has 1 aliphatic carbocycles. The zero-order valence-corrected chi connectivity index (χ0v) is 20.1. The van der Waals surface area contributed by atoms with Crippen molar-refractivity contribution in [1.82, 2.24) is 15.4 Å². The van der Waals surface area contributed by atoms with Crippen molar-refractivity contribution in [3.05, 3.63) is 0 Å². The topological polar surface area (TPSA) is 114 Å². The van der Waals surface area contributed by atoms with E-state index in [1.165, 1.54) is 4.90 Å². The number of likely N-dealkylation sites (tertiary alicyclic amines) is 1. The maximum atomic E-state index is 13.1. The summed E-state index contributed by atoms with van der Waals surface area (Å²) in [5.41, 5.74) is 2.21. The third-order valence-electron chi connectivity index (χ3n) is 6.31. The maximum absolute atomic E-state index is 13.1. The minimum Gasteiger partial charge on any atom is -0.444 e. The molecule has 10 nitrogen and oxygen atoms in total. The number of unbranched alkanes of at least 4 members (excludes halogenated alkanes) is 1. The first-order chi connectivity index (χ1) is 15.6. The second kappa shape index (κ2) is 10.8. The number of nitrogens with zero attached hydrogens (tertiary/aromatic N) is 2. The number of carbonyl (C=O) groups excluding carboxylic acids is 4. The van der Waals surface area contributed by atoms with Gasteiger partial charge in [0, 0.05) is 6.54 Å². The van der Waals surface area contributed by atoms with Gasteiger partial charge in [-0.05, 0) is 52.9 Å². The van der Waals surface area contributed by atoms with Gasteiger partial charge in [-0.15, -0.1) is 5.06 Å². The summed E-state index contributed by atoms with van der Waals surface area (Å²) in [6.07, 6.45) is 5.11. The molecule has 2 aliphatic heterocycles. The molecule has 4 atom stereocenters. The Morgan fingerprint density at radius 2 is 1.67 bits per heavy atom. The van der Waals surface area contributed by atoms with Crippen LogP contribution in [0.1, 0.15) is 79.1 Å². The van der Waals surface area contributed by atoms with Crippen LogP contribution in [0.25, 0.3) is 0 Å². The summed E-state index contributed by atoms with van der Waals surface area (Å²) in [5.74, 6) is -2.54. The van der Waals surface area contributed by atoms with E-state index in [0.29, 0.717) is 30.9 Å². The highest BCUT2D eigenvalue weighted by Crippen LogP contribution is 2.38. The minimum absolute atomic E-state index is 0.175. The lowest BCUT2D eigenvalue weighted by Crippen LogP contribution is -2.57. The fraction of sp³-hybridized carbons (Fsp3) is 0.826. The number of hydrogen-bond acceptors (Lipinski definition) is 8. The van der Waals surface area contributed by atoms with Crippen molar-refractivity contribution in [3.8, 4) is 0 Å². The molecule has 3 rings (SSSR count). The summed E-state index contributed by atoms with van der Waals surface area (Å²) >= 11 is 0. The highest BCUT2D eigenvalue weighted by atomic mass is 16.7. The van der Waals surface area contributed by atoms with Crippen LogP contribution < -0.4 is 5.48 Å². The molecule has 3 aliphatic rings. The van der Waals surface area contributed by atoms with Crippen molar-refractivity contribution in [1.29, 1.82) is 0 Å². The molecule has 2 unspecified atom stereocenters. The molecule has 1 N–H and O–H groups in total. The average molecular weight is 468 g/mol. The molecule has 2 heterocycles. The summed E-state index contributed by atoms with van der Waals surface area (Å²) in [4.78, 5) is 63.5. The van der Waals surface area contributed by atoms with E-state index in [-0.39, 0.29) is 19.0 Å². The number of hydroxylamine groups is 3. The Morgan fingerprint density at radius 3 is 2.24 bits per heavy atom. The number of imide groups is 1. The van der Waals surface area contributed by atoms with Gasteiger partial charge in [0.15, 0.2) is 0 Å². The number of nitrogens with one attached hydrogen (secondary N) is 1. The number of fused-ring (bicyclic) bond motifs is 1. The van der Waals surface area contributed by atoms with E-state index in [1.807, 2.05) is 0 Å². The van der Waals surface area contributed by atoms with Crippen molar-refractivity contribution in [2.45, 2.75) is 96.7 Å². The molecule has 0 aromatic heterocycles. The van der Waals surface area contributed by atoms with Crippen LogP contribution in [0.3, 0.4) is 0 Å². The molecule has 0 bridgehead atoms. The van der Waals surface area contributed by atoms with Crippen LogP contribution in [0.4, 0.5) is 4.79 Å². The Balaban J connectivity index is 1.68. The molecule has 3 amide bonds. The maximum Gasteiger partial charge on any atom is 0.411 e.